The number of nitrogens with one attached hydrogen (secondary N) is 1. The number of hydrogen-bond donors (Lipinski definition) is 1. The molecule has 0 spiro atoms. The van der Waals surface area contributed by atoms with E-state index in [4.69, 9.17) is 11.6 Å². The summed E-state index contributed by atoms with van der Waals surface area (Å²) in [5.41, 5.74) is 6.51. The number of anilines is 1. The third kappa shape index (κ3) is 3.83. The molecule has 0 saturated heterocycles. The Morgan fingerprint density at radius 1 is 1.21 bits per heavy atom. The number of H-pyrrole nitrogens is 1. The third-order valence-electron chi connectivity index (χ3n) is 5.08. The molecule has 148 valence electrons. The molecule has 1 N–H and O–H groups in total. The molecule has 0 fully saturated rings. The molecule has 1 aliphatic rings. The largest absolute Gasteiger partial charge is 0.362 e. The van der Waals surface area contributed by atoms with Gasteiger partial charge < -0.3 is 9.47 Å². The highest BCUT2D eigenvalue weighted by Crippen LogP contribution is 2.27. The predicted octanol–water partition coefficient (Wildman–Crippen LogP) is 3.87. The fourth-order valence-electron chi connectivity index (χ4n) is 3.58. The van der Waals surface area contributed by atoms with Gasteiger partial charge in [-0.2, -0.15) is 5.10 Å². The Bertz CT molecular complexity index is 1000. The van der Waals surface area contributed by atoms with E-state index in [1.165, 1.54) is 22.4 Å². The number of nitrogens with zero attached hydrogens (tertiary/aromatic N) is 4. The lowest BCUT2D eigenvalue weighted by Gasteiger charge is -2.29. The summed E-state index contributed by atoms with van der Waals surface area (Å²) >= 11 is 6.15. The average molecular weight is 400 g/mol. The van der Waals surface area contributed by atoms with Crippen LogP contribution in [0.4, 0.5) is 5.69 Å². The van der Waals surface area contributed by atoms with Crippen molar-refractivity contribution in [3.05, 3.63) is 74.2 Å². The molecule has 7 heteroatoms. The van der Waals surface area contributed by atoms with Crippen molar-refractivity contribution in [3.8, 4) is 0 Å². The van der Waals surface area contributed by atoms with Crippen molar-refractivity contribution in [2.45, 2.75) is 47.2 Å². The molecule has 28 heavy (non-hydrogen) atoms. The minimum Gasteiger partial charge on any atom is -0.362 e. The lowest BCUT2D eigenvalue weighted by atomic mass is 10.0. The lowest BCUT2D eigenvalue weighted by molar-refractivity contribution is 0.658. The summed E-state index contributed by atoms with van der Waals surface area (Å²) in [6, 6.07) is 6.39. The molecule has 0 unspecified atom stereocenters. The number of benzene rings is 1. The van der Waals surface area contributed by atoms with Crippen LogP contribution in [0, 0.1) is 13.8 Å². The zero-order valence-electron chi connectivity index (χ0n) is 16.8. The number of hydrogen-bond acceptors (Lipinski definition) is 4. The molecule has 1 aromatic carbocycles. The van der Waals surface area contributed by atoms with E-state index < -0.39 is 0 Å². The molecule has 3 aromatic rings. The summed E-state index contributed by atoms with van der Waals surface area (Å²) in [6.07, 6.45) is 4.36. The minimum absolute atomic E-state index is 0.179. The third-order valence-corrected chi connectivity index (χ3v) is 5.45. The molecule has 2 aromatic heterocycles. The van der Waals surface area contributed by atoms with Crippen LogP contribution in [0.3, 0.4) is 0 Å². The smallest absolute Gasteiger partial charge is 0.285 e. The summed E-state index contributed by atoms with van der Waals surface area (Å²) in [5, 5.41) is 6.40. The first kappa shape index (κ1) is 20.1. The molecule has 0 aliphatic carbocycles. The number of imidazole rings is 1. The summed E-state index contributed by atoms with van der Waals surface area (Å²) in [6.45, 7) is 10.5. The minimum atomic E-state index is -0.365. The predicted molar refractivity (Wildman–Crippen MR) is 113 cm³/mol. The van der Waals surface area contributed by atoms with Crippen molar-refractivity contribution in [1.29, 1.82) is 0 Å². The van der Waals surface area contributed by atoms with Gasteiger partial charge in [-0.15, -0.1) is 0 Å². The lowest BCUT2D eigenvalue weighted by Crippen LogP contribution is -2.32. The summed E-state index contributed by atoms with van der Waals surface area (Å²) in [4.78, 5) is 18.4. The first-order chi connectivity index (χ1) is 13.5. The van der Waals surface area contributed by atoms with Crippen LogP contribution in [0.2, 0.25) is 5.02 Å². The zero-order chi connectivity index (χ0) is 20.3. The van der Waals surface area contributed by atoms with Crippen LogP contribution in [0.15, 0.2) is 35.5 Å². The van der Waals surface area contributed by atoms with Gasteiger partial charge in [0.25, 0.3) is 5.56 Å². The van der Waals surface area contributed by atoms with E-state index in [1.807, 2.05) is 20.2 Å². The molecule has 0 atom stereocenters. The molecule has 6 nitrogen and oxygen atoms in total. The van der Waals surface area contributed by atoms with E-state index in [1.54, 1.807) is 6.20 Å². The van der Waals surface area contributed by atoms with Crippen LogP contribution in [0.5, 0.6) is 0 Å². The molecule has 1 aliphatic heterocycles. The van der Waals surface area contributed by atoms with Gasteiger partial charge in [-0.1, -0.05) is 43.6 Å². The normalized spacial score (nSPS) is 13.0. The monoisotopic (exact) mass is 399 g/mol. The maximum atomic E-state index is 11.7. The highest BCUT2D eigenvalue weighted by Gasteiger charge is 2.23. The van der Waals surface area contributed by atoms with Crippen molar-refractivity contribution in [1.82, 2.24) is 19.7 Å². The van der Waals surface area contributed by atoms with E-state index in [2.05, 4.69) is 56.7 Å². The number of aryl methyl sites for hydroxylation is 2. The molecule has 3 heterocycles. The van der Waals surface area contributed by atoms with Crippen LogP contribution in [-0.4, -0.2) is 26.3 Å². The van der Waals surface area contributed by atoms with Gasteiger partial charge in [0, 0.05) is 25.2 Å². The fraction of sp³-hybridized carbons (Fsp3) is 0.381. The average Bonchev–Trinajstić information content (AvgIpc) is 3.10. The maximum absolute atomic E-state index is 11.7. The van der Waals surface area contributed by atoms with E-state index in [-0.39, 0.29) is 10.6 Å². The van der Waals surface area contributed by atoms with E-state index >= 15 is 0 Å². The quantitative estimate of drug-likeness (QED) is 0.725. The van der Waals surface area contributed by atoms with E-state index in [0.29, 0.717) is 12.2 Å². The topological polar surface area (TPSA) is 66.8 Å². The van der Waals surface area contributed by atoms with Gasteiger partial charge in [0.15, 0.2) is 0 Å². The Labute approximate surface area is 170 Å². The summed E-state index contributed by atoms with van der Waals surface area (Å²) in [7, 11) is 0. The molecular weight excluding hydrogens is 374 g/mol. The van der Waals surface area contributed by atoms with Crippen molar-refractivity contribution in [2.24, 2.45) is 0 Å². The van der Waals surface area contributed by atoms with Crippen molar-refractivity contribution in [3.63, 3.8) is 0 Å². The highest BCUT2D eigenvalue weighted by molar-refractivity contribution is 6.32. The van der Waals surface area contributed by atoms with Crippen LogP contribution >= 0.6 is 11.6 Å². The van der Waals surface area contributed by atoms with Crippen LogP contribution in [0.1, 0.15) is 41.9 Å². The number of fused-ring (bicyclic) bond motifs is 1. The highest BCUT2D eigenvalue weighted by atomic mass is 35.5. The molecule has 4 rings (SSSR count). The van der Waals surface area contributed by atoms with Gasteiger partial charge in [0.1, 0.15) is 5.02 Å². The second-order valence-electron chi connectivity index (χ2n) is 6.71. The SMILES string of the molecule is CC.Cc1cccc(C)c1Cn1cnc2c1CCN(c1cn[nH]c(=O)c1Cl)C2. The maximum Gasteiger partial charge on any atom is 0.285 e. The van der Waals surface area contributed by atoms with E-state index in [9.17, 15) is 4.79 Å². The molecular formula is C21H26ClN5O. The number of halogens is 1. The van der Waals surface area contributed by atoms with Gasteiger partial charge >= 0.3 is 0 Å². The van der Waals surface area contributed by atoms with Gasteiger partial charge in [-0.3, -0.25) is 4.79 Å². The summed E-state index contributed by atoms with van der Waals surface area (Å²) < 4.78 is 2.24. The fourth-order valence-corrected chi connectivity index (χ4v) is 3.79. The Balaban J connectivity index is 0.00000109. The Morgan fingerprint density at radius 3 is 2.64 bits per heavy atom. The van der Waals surface area contributed by atoms with Crippen LogP contribution in [-0.2, 0) is 19.5 Å². The van der Waals surface area contributed by atoms with Crippen molar-refractivity contribution >= 4 is 17.3 Å². The van der Waals surface area contributed by atoms with Crippen molar-refractivity contribution in [2.75, 3.05) is 11.4 Å². The standard InChI is InChI=1S/C19H20ClN5O.C2H6/c1-12-4-3-5-13(2)14(12)9-25-11-21-15-10-24(7-6-16(15)25)17-8-22-23-19(26)18(17)20;1-2/h3-5,8,11H,6-7,9-10H2,1-2H3,(H,23,26);1-2H3. The molecule has 0 amide bonds. The van der Waals surface area contributed by atoms with Gasteiger partial charge in [-0.25, -0.2) is 10.1 Å². The number of rotatable bonds is 3. The first-order valence-electron chi connectivity index (χ1n) is 9.60. The first-order valence-corrected chi connectivity index (χ1v) is 9.98. The summed E-state index contributed by atoms with van der Waals surface area (Å²) in [5.74, 6) is 0. The van der Waals surface area contributed by atoms with E-state index in [0.717, 1.165) is 25.2 Å². The Morgan fingerprint density at radius 2 is 1.93 bits per heavy atom. The van der Waals surface area contributed by atoms with Crippen molar-refractivity contribution < 1.29 is 0 Å². The number of aromatic nitrogens is 4. The Hall–Kier alpha value is -2.60. The number of aromatic amines is 1. The molecule has 0 bridgehead atoms. The second-order valence-corrected chi connectivity index (χ2v) is 7.08. The molecule has 0 radical (unpaired) electrons. The van der Waals surface area contributed by atoms with Crippen LogP contribution < -0.4 is 10.5 Å². The van der Waals surface area contributed by atoms with Gasteiger partial charge in [0.2, 0.25) is 0 Å². The van der Waals surface area contributed by atoms with Gasteiger partial charge in [-0.05, 0) is 30.5 Å². The molecule has 0 saturated carbocycles. The van der Waals surface area contributed by atoms with Gasteiger partial charge in [0.05, 0.1) is 30.5 Å². The van der Waals surface area contributed by atoms with Crippen LogP contribution in [0.25, 0.3) is 0 Å². The zero-order valence-corrected chi connectivity index (χ0v) is 17.5. The Kier molecular flexibility index (Phi) is 6.19. The second kappa shape index (κ2) is 8.61.